The summed E-state index contributed by atoms with van der Waals surface area (Å²) in [5.74, 6) is 1.32. The van der Waals surface area contributed by atoms with Crippen molar-refractivity contribution in [3.8, 4) is 5.75 Å². The van der Waals surface area contributed by atoms with Gasteiger partial charge in [-0.05, 0) is 25.1 Å². The van der Waals surface area contributed by atoms with Gasteiger partial charge in [-0.1, -0.05) is 5.16 Å². The predicted molar refractivity (Wildman–Crippen MR) is 75.3 cm³/mol. The zero-order chi connectivity index (χ0) is 15.5. The fourth-order valence-corrected chi connectivity index (χ4v) is 2.76. The number of benzene rings is 1. The van der Waals surface area contributed by atoms with E-state index in [0.29, 0.717) is 23.9 Å². The smallest absolute Gasteiger partial charge is 0.240 e. The van der Waals surface area contributed by atoms with Gasteiger partial charge in [0.15, 0.2) is 5.82 Å². The first kappa shape index (κ1) is 15.3. The van der Waals surface area contributed by atoms with Crippen LogP contribution in [-0.4, -0.2) is 32.2 Å². The van der Waals surface area contributed by atoms with Gasteiger partial charge in [0.25, 0.3) is 0 Å². The second-order valence-corrected chi connectivity index (χ2v) is 6.05. The summed E-state index contributed by atoms with van der Waals surface area (Å²) >= 11 is 0. The van der Waals surface area contributed by atoms with Crippen molar-refractivity contribution in [3.05, 3.63) is 29.9 Å². The topological polar surface area (TPSA) is 120 Å². The third-order valence-electron chi connectivity index (χ3n) is 2.71. The number of rotatable bonds is 6. The maximum absolute atomic E-state index is 12.1. The summed E-state index contributed by atoms with van der Waals surface area (Å²) in [4.78, 5) is 4.06. The molecule has 0 radical (unpaired) electrons. The van der Waals surface area contributed by atoms with Crippen LogP contribution in [-0.2, 0) is 16.4 Å². The van der Waals surface area contributed by atoms with E-state index >= 15 is 0 Å². The standard InChI is InChI=1S/C12H16N4O4S/c1-8-15-12(20-16-8)5-6-14-21(17,18)9-3-4-11(19-2)10(13)7-9/h3-4,7,14H,5-6,13H2,1-2H3. The Morgan fingerprint density at radius 2 is 2.19 bits per heavy atom. The van der Waals surface area contributed by atoms with Gasteiger partial charge in [0.1, 0.15) is 5.75 Å². The van der Waals surface area contributed by atoms with Gasteiger partial charge in [-0.2, -0.15) is 4.98 Å². The Bertz CT molecular complexity index is 727. The molecule has 3 N–H and O–H groups in total. The molecule has 0 amide bonds. The molecule has 1 aromatic carbocycles. The lowest BCUT2D eigenvalue weighted by molar-refractivity contribution is 0.375. The normalized spacial score (nSPS) is 11.5. The highest BCUT2D eigenvalue weighted by Crippen LogP contribution is 2.24. The zero-order valence-corrected chi connectivity index (χ0v) is 12.5. The number of ether oxygens (including phenoxy) is 1. The average molecular weight is 312 g/mol. The molecule has 0 saturated heterocycles. The number of aromatic nitrogens is 2. The number of sulfonamides is 1. The van der Waals surface area contributed by atoms with Crippen LogP contribution in [0.3, 0.4) is 0 Å². The molecule has 0 unspecified atom stereocenters. The van der Waals surface area contributed by atoms with Crippen LogP contribution in [0.2, 0.25) is 0 Å². The molecule has 0 aliphatic carbocycles. The van der Waals surface area contributed by atoms with Crippen molar-refractivity contribution in [2.45, 2.75) is 18.2 Å². The fraction of sp³-hybridized carbons (Fsp3) is 0.333. The van der Waals surface area contributed by atoms with Crippen LogP contribution >= 0.6 is 0 Å². The Hall–Kier alpha value is -2.13. The van der Waals surface area contributed by atoms with Crippen molar-refractivity contribution < 1.29 is 17.7 Å². The van der Waals surface area contributed by atoms with Crippen molar-refractivity contribution in [1.82, 2.24) is 14.9 Å². The van der Waals surface area contributed by atoms with Crippen LogP contribution in [0.5, 0.6) is 5.75 Å². The highest BCUT2D eigenvalue weighted by Gasteiger charge is 2.15. The Morgan fingerprint density at radius 1 is 1.43 bits per heavy atom. The summed E-state index contributed by atoms with van der Waals surface area (Å²) in [6.45, 7) is 1.84. The highest BCUT2D eigenvalue weighted by atomic mass is 32.2. The molecule has 2 aromatic rings. The molecule has 8 nitrogen and oxygen atoms in total. The molecular formula is C12H16N4O4S. The second kappa shape index (κ2) is 6.10. The summed E-state index contributed by atoms with van der Waals surface area (Å²) in [5.41, 5.74) is 5.96. The lowest BCUT2D eigenvalue weighted by atomic mass is 10.3. The van der Waals surface area contributed by atoms with Crippen LogP contribution in [0.1, 0.15) is 11.7 Å². The summed E-state index contributed by atoms with van der Waals surface area (Å²) in [6.07, 6.45) is 0.311. The highest BCUT2D eigenvalue weighted by molar-refractivity contribution is 7.89. The number of anilines is 1. The van der Waals surface area contributed by atoms with E-state index in [0.717, 1.165) is 0 Å². The van der Waals surface area contributed by atoms with Gasteiger partial charge >= 0.3 is 0 Å². The van der Waals surface area contributed by atoms with Gasteiger partial charge < -0.3 is 15.0 Å². The molecule has 1 heterocycles. The molecule has 9 heteroatoms. The van der Waals surface area contributed by atoms with E-state index in [2.05, 4.69) is 14.9 Å². The van der Waals surface area contributed by atoms with Gasteiger partial charge in [-0.25, -0.2) is 13.1 Å². The summed E-state index contributed by atoms with van der Waals surface area (Å²) in [6, 6.07) is 4.28. The van der Waals surface area contributed by atoms with Gasteiger partial charge in [0.05, 0.1) is 17.7 Å². The summed E-state index contributed by atoms with van der Waals surface area (Å²) in [7, 11) is -2.18. The van der Waals surface area contributed by atoms with Gasteiger partial charge in [0, 0.05) is 13.0 Å². The third-order valence-corrected chi connectivity index (χ3v) is 4.17. The van der Waals surface area contributed by atoms with Crippen LogP contribution in [0, 0.1) is 6.92 Å². The second-order valence-electron chi connectivity index (χ2n) is 4.29. The van der Waals surface area contributed by atoms with Crippen LogP contribution in [0.25, 0.3) is 0 Å². The minimum atomic E-state index is -3.65. The predicted octanol–water partition coefficient (Wildman–Crippen LogP) is 0.490. The lowest BCUT2D eigenvalue weighted by Crippen LogP contribution is -2.26. The molecule has 0 fully saturated rings. The Balaban J connectivity index is 2.02. The Kier molecular flexibility index (Phi) is 4.43. The van der Waals surface area contributed by atoms with Crippen molar-refractivity contribution in [1.29, 1.82) is 0 Å². The van der Waals surface area contributed by atoms with E-state index in [1.807, 2.05) is 0 Å². The Labute approximate surface area is 122 Å². The van der Waals surface area contributed by atoms with E-state index in [1.165, 1.54) is 25.3 Å². The quantitative estimate of drug-likeness (QED) is 0.745. The number of nitrogen functional groups attached to an aromatic ring is 1. The van der Waals surface area contributed by atoms with E-state index in [-0.39, 0.29) is 17.1 Å². The number of aryl methyl sites for hydroxylation is 1. The number of nitrogens with zero attached hydrogens (tertiary/aromatic N) is 2. The van der Waals surface area contributed by atoms with Crippen molar-refractivity contribution in [2.24, 2.45) is 0 Å². The molecular weight excluding hydrogens is 296 g/mol. The third kappa shape index (κ3) is 3.70. The molecule has 1 aromatic heterocycles. The molecule has 21 heavy (non-hydrogen) atoms. The lowest BCUT2D eigenvalue weighted by Gasteiger charge is -2.08. The average Bonchev–Trinajstić information content (AvgIpc) is 2.84. The van der Waals surface area contributed by atoms with Gasteiger partial charge in [0.2, 0.25) is 15.9 Å². The molecule has 114 valence electrons. The molecule has 2 rings (SSSR count). The zero-order valence-electron chi connectivity index (χ0n) is 11.7. The van der Waals surface area contributed by atoms with Gasteiger partial charge in [-0.3, -0.25) is 0 Å². The maximum Gasteiger partial charge on any atom is 0.240 e. The van der Waals surface area contributed by atoms with Crippen LogP contribution in [0.4, 0.5) is 5.69 Å². The van der Waals surface area contributed by atoms with Crippen LogP contribution in [0.15, 0.2) is 27.6 Å². The van der Waals surface area contributed by atoms with Gasteiger partial charge in [-0.15, -0.1) is 0 Å². The number of methoxy groups -OCH3 is 1. The number of nitrogens with two attached hydrogens (primary N) is 1. The number of nitrogens with one attached hydrogen (secondary N) is 1. The van der Waals surface area contributed by atoms with E-state index in [1.54, 1.807) is 6.92 Å². The number of hydrogen-bond donors (Lipinski definition) is 2. The minimum Gasteiger partial charge on any atom is -0.495 e. The summed E-state index contributed by atoms with van der Waals surface area (Å²) < 4.78 is 36.5. The van der Waals surface area contributed by atoms with E-state index < -0.39 is 10.0 Å². The van der Waals surface area contributed by atoms with E-state index in [9.17, 15) is 8.42 Å². The van der Waals surface area contributed by atoms with Crippen molar-refractivity contribution >= 4 is 15.7 Å². The molecule has 0 bridgehead atoms. The number of hydrogen-bond acceptors (Lipinski definition) is 7. The largest absolute Gasteiger partial charge is 0.495 e. The van der Waals surface area contributed by atoms with Crippen molar-refractivity contribution in [3.63, 3.8) is 0 Å². The SMILES string of the molecule is COc1ccc(S(=O)(=O)NCCc2nc(C)no2)cc1N. The van der Waals surface area contributed by atoms with Crippen LogP contribution < -0.4 is 15.2 Å². The fourth-order valence-electron chi connectivity index (χ4n) is 1.70. The Morgan fingerprint density at radius 3 is 2.76 bits per heavy atom. The van der Waals surface area contributed by atoms with Crippen molar-refractivity contribution in [2.75, 3.05) is 19.4 Å². The first-order chi connectivity index (χ1) is 9.92. The summed E-state index contributed by atoms with van der Waals surface area (Å²) in [5, 5.41) is 3.63. The first-order valence-corrected chi connectivity index (χ1v) is 7.63. The molecule has 0 aliphatic heterocycles. The molecule has 0 aliphatic rings. The molecule has 0 spiro atoms. The first-order valence-electron chi connectivity index (χ1n) is 6.15. The maximum atomic E-state index is 12.1. The van der Waals surface area contributed by atoms with E-state index in [4.69, 9.17) is 15.0 Å². The molecule has 0 saturated carbocycles. The minimum absolute atomic E-state index is 0.0718. The molecule has 0 atom stereocenters. The monoisotopic (exact) mass is 312 g/mol.